The van der Waals surface area contributed by atoms with Crippen LogP contribution in [0.15, 0.2) is 48.5 Å². The molecule has 0 aliphatic rings. The highest BCUT2D eigenvalue weighted by Crippen LogP contribution is 2.30. The van der Waals surface area contributed by atoms with Crippen LogP contribution in [0.4, 0.5) is 10.2 Å². The van der Waals surface area contributed by atoms with E-state index in [1.807, 2.05) is 18.2 Å². The van der Waals surface area contributed by atoms with E-state index >= 15 is 0 Å². The van der Waals surface area contributed by atoms with Gasteiger partial charge in [-0.2, -0.15) is 9.78 Å². The van der Waals surface area contributed by atoms with E-state index < -0.39 is 0 Å². The van der Waals surface area contributed by atoms with Gasteiger partial charge >= 0.3 is 0 Å². The maximum atomic E-state index is 13.2. The highest BCUT2D eigenvalue weighted by atomic mass is 35.5. The highest BCUT2D eigenvalue weighted by molar-refractivity contribution is 6.30. The van der Waals surface area contributed by atoms with Crippen LogP contribution in [0.3, 0.4) is 0 Å². The van der Waals surface area contributed by atoms with Gasteiger partial charge in [0.25, 0.3) is 0 Å². The summed E-state index contributed by atoms with van der Waals surface area (Å²) in [7, 11) is 0. The fourth-order valence-electron chi connectivity index (χ4n) is 2.51. The Bertz CT molecular complexity index is 912. The summed E-state index contributed by atoms with van der Waals surface area (Å²) in [5.41, 5.74) is 14.6. The van der Waals surface area contributed by atoms with Crippen molar-refractivity contribution in [1.29, 1.82) is 5.41 Å². The molecule has 136 valence electrons. The second kappa shape index (κ2) is 8.43. The van der Waals surface area contributed by atoms with E-state index in [2.05, 4.69) is 5.10 Å². The molecule has 0 unspecified atom stereocenters. The fourth-order valence-corrected chi connectivity index (χ4v) is 2.72. The van der Waals surface area contributed by atoms with E-state index in [4.69, 9.17) is 39.0 Å². The van der Waals surface area contributed by atoms with Crippen LogP contribution in [0.5, 0.6) is 0 Å². The van der Waals surface area contributed by atoms with Gasteiger partial charge < -0.3 is 11.5 Å². The Labute approximate surface area is 153 Å². The minimum absolute atomic E-state index is 0.279. The van der Waals surface area contributed by atoms with Crippen LogP contribution in [0.1, 0.15) is 11.1 Å². The predicted molar refractivity (Wildman–Crippen MR) is 98.9 cm³/mol. The normalized spacial score (nSPS) is 10.2. The molecule has 7 nitrogen and oxygen atoms in total. The third-order valence-corrected chi connectivity index (χ3v) is 3.87. The molecule has 0 aliphatic heterocycles. The topological polar surface area (TPSA) is 134 Å². The summed E-state index contributed by atoms with van der Waals surface area (Å²) in [4.78, 5) is 0. The second-order valence-corrected chi connectivity index (χ2v) is 5.76. The summed E-state index contributed by atoms with van der Waals surface area (Å²) >= 11 is 6.03. The zero-order chi connectivity index (χ0) is 19.3. The minimum atomic E-state index is -0.339. The monoisotopic (exact) mass is 377 g/mol. The Morgan fingerprint density at radius 3 is 2.42 bits per heavy atom. The lowest BCUT2D eigenvalue weighted by Gasteiger charge is -2.05. The number of nitrogens with zero attached hydrogens (tertiary/aromatic N) is 2. The zero-order valence-corrected chi connectivity index (χ0v) is 14.3. The van der Waals surface area contributed by atoms with Crippen LogP contribution in [0, 0.1) is 11.2 Å². The first-order valence-corrected chi connectivity index (χ1v) is 7.75. The average molecular weight is 378 g/mol. The Hall–Kier alpha value is -2.94. The molecule has 9 heteroatoms. The number of nitrogens with two attached hydrogens (primary N) is 2. The largest absolute Gasteiger partial charge is 0.383 e. The summed E-state index contributed by atoms with van der Waals surface area (Å²) < 4.78 is 14.4. The first-order valence-electron chi connectivity index (χ1n) is 7.38. The van der Waals surface area contributed by atoms with Gasteiger partial charge in [-0.05, 0) is 42.0 Å². The van der Waals surface area contributed by atoms with Gasteiger partial charge in [0.05, 0.1) is 5.69 Å². The quantitative estimate of drug-likeness (QED) is 0.207. The van der Waals surface area contributed by atoms with Crippen molar-refractivity contribution in [2.75, 3.05) is 5.73 Å². The first kappa shape index (κ1) is 19.4. The molecule has 0 spiro atoms. The van der Waals surface area contributed by atoms with Gasteiger partial charge in [-0.25, -0.2) is 4.39 Å². The first-order chi connectivity index (χ1) is 12.5. The highest BCUT2D eigenvalue weighted by Gasteiger charge is 2.19. The minimum Gasteiger partial charge on any atom is -0.383 e. The van der Waals surface area contributed by atoms with E-state index in [-0.39, 0.29) is 17.6 Å². The summed E-state index contributed by atoms with van der Waals surface area (Å²) in [5.74, 6) is -0.343. The fraction of sp³-hybridized carbons (Fsp3) is 0.0588. The predicted octanol–water partition coefficient (Wildman–Crippen LogP) is 3.27. The third-order valence-electron chi connectivity index (χ3n) is 3.64. The van der Waals surface area contributed by atoms with Crippen LogP contribution in [-0.2, 0) is 6.42 Å². The summed E-state index contributed by atoms with van der Waals surface area (Å²) in [5, 5.41) is 24.5. The number of anilines is 1. The van der Waals surface area contributed by atoms with E-state index in [9.17, 15) is 4.39 Å². The molecule has 0 aliphatic carbocycles. The number of hydrogen-bond donors (Lipinski definition) is 5. The van der Waals surface area contributed by atoms with Crippen molar-refractivity contribution in [3.05, 3.63) is 70.5 Å². The van der Waals surface area contributed by atoms with Crippen LogP contribution >= 0.6 is 11.6 Å². The van der Waals surface area contributed by atoms with Crippen molar-refractivity contribution >= 4 is 23.4 Å². The lowest BCUT2D eigenvalue weighted by Crippen LogP contribution is -2.23. The lowest BCUT2D eigenvalue weighted by atomic mass is 10.0. The Balaban J connectivity index is 0.00000117. The van der Waals surface area contributed by atoms with Crippen molar-refractivity contribution in [3.8, 4) is 11.3 Å². The van der Waals surface area contributed by atoms with Crippen molar-refractivity contribution in [2.24, 2.45) is 5.73 Å². The van der Waals surface area contributed by atoms with Crippen LogP contribution in [0.25, 0.3) is 11.3 Å². The standard InChI is InChI=1S/C17H15ClFN5.H2O2/c18-12-3-1-2-10(8-12)9-14-15(11-4-6-13(19)7-5-11)23-24(16(14)20)17(21)22;1-2/h1-8H,9,20H2,(H3,21,22);1-2H. The molecule has 2 aromatic carbocycles. The summed E-state index contributed by atoms with van der Waals surface area (Å²) in [6.45, 7) is 0. The number of nitrogen functional groups attached to an aromatic ring is 2. The number of aromatic nitrogens is 2. The van der Waals surface area contributed by atoms with E-state index in [1.165, 1.54) is 16.8 Å². The van der Waals surface area contributed by atoms with Gasteiger partial charge in [0, 0.05) is 22.6 Å². The van der Waals surface area contributed by atoms with Crippen molar-refractivity contribution in [3.63, 3.8) is 0 Å². The molecule has 3 rings (SSSR count). The van der Waals surface area contributed by atoms with Crippen molar-refractivity contribution in [2.45, 2.75) is 6.42 Å². The van der Waals surface area contributed by atoms with Gasteiger partial charge in [0.15, 0.2) is 0 Å². The Morgan fingerprint density at radius 1 is 1.19 bits per heavy atom. The van der Waals surface area contributed by atoms with Crippen molar-refractivity contribution < 1.29 is 14.9 Å². The molecular weight excluding hydrogens is 361 g/mol. The molecule has 0 radical (unpaired) electrons. The van der Waals surface area contributed by atoms with Crippen molar-refractivity contribution in [1.82, 2.24) is 9.78 Å². The molecule has 0 atom stereocenters. The van der Waals surface area contributed by atoms with E-state index in [1.54, 1.807) is 18.2 Å². The maximum absolute atomic E-state index is 13.2. The zero-order valence-electron chi connectivity index (χ0n) is 13.5. The van der Waals surface area contributed by atoms with Crippen LogP contribution in [0.2, 0.25) is 5.02 Å². The summed E-state index contributed by atoms with van der Waals surface area (Å²) in [6.07, 6.45) is 0.465. The number of rotatable bonds is 3. The summed E-state index contributed by atoms with van der Waals surface area (Å²) in [6, 6.07) is 13.3. The van der Waals surface area contributed by atoms with Gasteiger partial charge in [-0.3, -0.25) is 15.9 Å². The van der Waals surface area contributed by atoms with Gasteiger partial charge in [-0.15, -0.1) is 0 Å². The van der Waals surface area contributed by atoms with Gasteiger partial charge in [-0.1, -0.05) is 23.7 Å². The third kappa shape index (κ3) is 4.17. The smallest absolute Gasteiger partial charge is 0.215 e. The molecule has 1 aromatic heterocycles. The molecule has 0 saturated heterocycles. The Kier molecular flexibility index (Phi) is 6.29. The SMILES string of the molecule is N=C(N)n1nc(-c2ccc(F)cc2)c(Cc2cccc(Cl)c2)c1N.OO. The van der Waals surface area contributed by atoms with Gasteiger partial charge in [0.2, 0.25) is 5.96 Å². The molecule has 0 fully saturated rings. The van der Waals surface area contributed by atoms with E-state index in [0.717, 1.165) is 5.56 Å². The molecule has 3 aromatic rings. The van der Waals surface area contributed by atoms with E-state index in [0.29, 0.717) is 28.3 Å². The number of benzene rings is 2. The molecule has 0 amide bonds. The van der Waals surface area contributed by atoms with Crippen LogP contribution < -0.4 is 11.5 Å². The molecule has 1 heterocycles. The molecule has 0 bridgehead atoms. The molecule has 26 heavy (non-hydrogen) atoms. The molecule has 7 N–H and O–H groups in total. The maximum Gasteiger partial charge on any atom is 0.215 e. The lowest BCUT2D eigenvalue weighted by molar-refractivity contribution is -0.176. The second-order valence-electron chi connectivity index (χ2n) is 5.32. The van der Waals surface area contributed by atoms with Gasteiger partial charge in [0.1, 0.15) is 11.6 Å². The van der Waals surface area contributed by atoms with Crippen LogP contribution in [-0.4, -0.2) is 26.3 Å². The number of hydrogen-bond acceptors (Lipinski definition) is 5. The average Bonchev–Trinajstić information content (AvgIpc) is 2.94. The number of nitrogens with one attached hydrogen (secondary N) is 1. The molecule has 0 saturated carbocycles. The molecular formula is C17H17ClFN5O2. The Morgan fingerprint density at radius 2 is 1.85 bits per heavy atom. The number of halogens is 2.